The number of ether oxygens (including phenoxy) is 1. The summed E-state index contributed by atoms with van der Waals surface area (Å²) < 4.78 is 43.7. The van der Waals surface area contributed by atoms with E-state index in [0.29, 0.717) is 5.56 Å². The Kier molecular flexibility index (Phi) is 4.55. The highest BCUT2D eigenvalue weighted by molar-refractivity contribution is 5.37. The average Bonchev–Trinajstić information content (AvgIpc) is 2.46. The Morgan fingerprint density at radius 3 is 2.40 bits per heavy atom. The van der Waals surface area contributed by atoms with E-state index in [1.54, 1.807) is 6.07 Å². The zero-order chi connectivity index (χ0) is 14.8. The zero-order valence-electron chi connectivity index (χ0n) is 11.6. The Hall–Kier alpha value is -1.27. The topological polar surface area (TPSA) is 24.5 Å². The van der Waals surface area contributed by atoms with Crippen LogP contribution in [0, 0.1) is 0 Å². The number of methoxy groups -OCH3 is 1. The maximum Gasteiger partial charge on any atom is 0.416 e. The number of benzene rings is 1. The molecule has 0 saturated carbocycles. The first-order valence-corrected chi connectivity index (χ1v) is 6.63. The number of nitrogens with one attached hydrogen (secondary N) is 1. The molecule has 2 rings (SSSR count). The van der Waals surface area contributed by atoms with Crippen molar-refractivity contribution >= 4 is 0 Å². The standard InChI is InChI=1S/C14H19F3N2O/c1-10(19-5-3-18-4-6-19)11-7-12(14(15,16)17)9-13(8-11)20-2/h7-10,18H,3-6H2,1-2H3/t10-/m1/s1. The molecule has 1 atom stereocenters. The van der Waals surface area contributed by atoms with Gasteiger partial charge in [0, 0.05) is 32.2 Å². The van der Waals surface area contributed by atoms with Crippen LogP contribution in [0.25, 0.3) is 0 Å². The quantitative estimate of drug-likeness (QED) is 0.925. The lowest BCUT2D eigenvalue weighted by atomic mass is 10.0. The molecule has 0 radical (unpaired) electrons. The highest BCUT2D eigenvalue weighted by Crippen LogP contribution is 2.35. The molecule has 0 bridgehead atoms. The summed E-state index contributed by atoms with van der Waals surface area (Å²) in [7, 11) is 1.38. The van der Waals surface area contributed by atoms with Crippen LogP contribution in [0.15, 0.2) is 18.2 Å². The minimum absolute atomic E-state index is 0.0618. The van der Waals surface area contributed by atoms with E-state index in [-0.39, 0.29) is 11.8 Å². The molecule has 1 aromatic rings. The molecule has 1 aliphatic heterocycles. The van der Waals surface area contributed by atoms with Gasteiger partial charge in [-0.1, -0.05) is 0 Å². The molecule has 3 nitrogen and oxygen atoms in total. The van der Waals surface area contributed by atoms with Crippen LogP contribution in [0.4, 0.5) is 13.2 Å². The van der Waals surface area contributed by atoms with Crippen molar-refractivity contribution in [2.24, 2.45) is 0 Å². The lowest BCUT2D eigenvalue weighted by Gasteiger charge is -2.33. The fraction of sp³-hybridized carbons (Fsp3) is 0.571. The largest absolute Gasteiger partial charge is 0.497 e. The van der Waals surface area contributed by atoms with E-state index >= 15 is 0 Å². The lowest BCUT2D eigenvalue weighted by molar-refractivity contribution is -0.137. The van der Waals surface area contributed by atoms with Crippen molar-refractivity contribution in [1.82, 2.24) is 10.2 Å². The van der Waals surface area contributed by atoms with Gasteiger partial charge < -0.3 is 10.1 Å². The first kappa shape index (κ1) is 15.1. The Morgan fingerprint density at radius 1 is 1.20 bits per heavy atom. The van der Waals surface area contributed by atoms with E-state index in [4.69, 9.17) is 4.74 Å². The molecule has 0 amide bonds. The van der Waals surface area contributed by atoms with Crippen LogP contribution in [-0.2, 0) is 6.18 Å². The molecule has 1 N–H and O–H groups in total. The Labute approximate surface area is 116 Å². The van der Waals surface area contributed by atoms with E-state index in [1.807, 2.05) is 6.92 Å². The van der Waals surface area contributed by atoms with E-state index in [0.717, 1.165) is 32.2 Å². The first-order valence-electron chi connectivity index (χ1n) is 6.63. The van der Waals surface area contributed by atoms with Crippen molar-refractivity contribution in [1.29, 1.82) is 0 Å². The third-order valence-corrected chi connectivity index (χ3v) is 3.67. The minimum atomic E-state index is -4.35. The summed E-state index contributed by atoms with van der Waals surface area (Å²) in [6.45, 7) is 5.32. The number of halogens is 3. The number of nitrogens with zero attached hydrogens (tertiary/aromatic N) is 1. The summed E-state index contributed by atoms with van der Waals surface area (Å²) in [6, 6.07) is 3.87. The summed E-state index contributed by atoms with van der Waals surface area (Å²) >= 11 is 0. The molecule has 0 aliphatic carbocycles. The van der Waals surface area contributed by atoms with Gasteiger partial charge in [0.05, 0.1) is 12.7 Å². The number of hydrogen-bond donors (Lipinski definition) is 1. The van der Waals surface area contributed by atoms with Gasteiger partial charge in [-0.3, -0.25) is 4.90 Å². The van der Waals surface area contributed by atoms with Crippen molar-refractivity contribution < 1.29 is 17.9 Å². The van der Waals surface area contributed by atoms with Gasteiger partial charge in [-0.05, 0) is 30.7 Å². The second kappa shape index (κ2) is 6.01. The SMILES string of the molecule is COc1cc([C@@H](C)N2CCNCC2)cc(C(F)(F)F)c1. The first-order chi connectivity index (χ1) is 9.41. The van der Waals surface area contributed by atoms with Crippen molar-refractivity contribution in [2.75, 3.05) is 33.3 Å². The number of alkyl halides is 3. The monoisotopic (exact) mass is 288 g/mol. The third kappa shape index (κ3) is 3.43. The molecule has 1 saturated heterocycles. The molecular formula is C14H19F3N2O. The van der Waals surface area contributed by atoms with Gasteiger partial charge in [-0.25, -0.2) is 0 Å². The molecule has 1 heterocycles. The van der Waals surface area contributed by atoms with Gasteiger partial charge >= 0.3 is 6.18 Å². The van der Waals surface area contributed by atoms with Crippen LogP contribution < -0.4 is 10.1 Å². The predicted molar refractivity (Wildman–Crippen MR) is 70.9 cm³/mol. The second-order valence-electron chi connectivity index (χ2n) is 4.95. The molecule has 1 fully saturated rings. The summed E-state index contributed by atoms with van der Waals surface area (Å²) in [5, 5.41) is 3.23. The molecule has 6 heteroatoms. The molecule has 0 unspecified atom stereocenters. The van der Waals surface area contributed by atoms with E-state index < -0.39 is 11.7 Å². The van der Waals surface area contributed by atoms with Crippen LogP contribution in [0.1, 0.15) is 24.1 Å². The number of hydrogen-bond acceptors (Lipinski definition) is 3. The molecule has 20 heavy (non-hydrogen) atoms. The summed E-state index contributed by atoms with van der Waals surface area (Å²) in [4.78, 5) is 2.17. The average molecular weight is 288 g/mol. The molecular weight excluding hydrogens is 269 g/mol. The van der Waals surface area contributed by atoms with Crippen molar-refractivity contribution in [3.8, 4) is 5.75 Å². The van der Waals surface area contributed by atoms with Crippen molar-refractivity contribution in [3.05, 3.63) is 29.3 Å². The van der Waals surface area contributed by atoms with Gasteiger partial charge in [-0.2, -0.15) is 13.2 Å². The summed E-state index contributed by atoms with van der Waals surface area (Å²) in [5.74, 6) is 0.247. The summed E-state index contributed by atoms with van der Waals surface area (Å²) in [6.07, 6.45) is -4.35. The van der Waals surface area contributed by atoms with Crippen LogP contribution in [0.5, 0.6) is 5.75 Å². The number of piperazine rings is 1. The highest BCUT2D eigenvalue weighted by Gasteiger charge is 2.32. The molecule has 1 aromatic carbocycles. The molecule has 1 aliphatic rings. The fourth-order valence-electron chi connectivity index (χ4n) is 2.43. The predicted octanol–water partition coefficient (Wildman–Crippen LogP) is 2.68. The zero-order valence-corrected chi connectivity index (χ0v) is 11.6. The fourth-order valence-corrected chi connectivity index (χ4v) is 2.43. The van der Waals surface area contributed by atoms with Crippen LogP contribution in [-0.4, -0.2) is 38.2 Å². The molecule has 0 aromatic heterocycles. The Balaban J connectivity index is 2.29. The van der Waals surface area contributed by atoms with Crippen LogP contribution in [0.3, 0.4) is 0 Å². The third-order valence-electron chi connectivity index (χ3n) is 3.67. The Bertz CT molecular complexity index is 456. The smallest absolute Gasteiger partial charge is 0.416 e. The van der Waals surface area contributed by atoms with Crippen LogP contribution >= 0.6 is 0 Å². The van der Waals surface area contributed by atoms with Gasteiger partial charge in [0.1, 0.15) is 5.75 Å². The van der Waals surface area contributed by atoms with Crippen molar-refractivity contribution in [3.63, 3.8) is 0 Å². The maximum atomic E-state index is 12.9. The minimum Gasteiger partial charge on any atom is -0.497 e. The van der Waals surface area contributed by atoms with Gasteiger partial charge in [0.25, 0.3) is 0 Å². The van der Waals surface area contributed by atoms with Crippen molar-refractivity contribution in [2.45, 2.75) is 19.1 Å². The highest BCUT2D eigenvalue weighted by atomic mass is 19.4. The van der Waals surface area contributed by atoms with Crippen LogP contribution in [0.2, 0.25) is 0 Å². The normalized spacial score (nSPS) is 18.9. The van der Waals surface area contributed by atoms with E-state index in [1.165, 1.54) is 13.2 Å². The maximum absolute atomic E-state index is 12.9. The molecule has 0 spiro atoms. The molecule has 112 valence electrons. The second-order valence-corrected chi connectivity index (χ2v) is 4.95. The van der Waals surface area contributed by atoms with Gasteiger partial charge in [0.2, 0.25) is 0 Å². The summed E-state index contributed by atoms with van der Waals surface area (Å²) in [5.41, 5.74) is -0.0209. The Morgan fingerprint density at radius 2 is 1.85 bits per heavy atom. The lowest BCUT2D eigenvalue weighted by Crippen LogP contribution is -2.44. The van der Waals surface area contributed by atoms with Gasteiger partial charge in [-0.15, -0.1) is 0 Å². The van der Waals surface area contributed by atoms with E-state index in [2.05, 4.69) is 10.2 Å². The van der Waals surface area contributed by atoms with E-state index in [9.17, 15) is 13.2 Å². The number of rotatable bonds is 3. The van der Waals surface area contributed by atoms with Gasteiger partial charge in [0.15, 0.2) is 0 Å².